The van der Waals surface area contributed by atoms with Crippen molar-refractivity contribution in [2.75, 3.05) is 24.7 Å². The normalized spacial score (nSPS) is 10.4. The van der Waals surface area contributed by atoms with Crippen molar-refractivity contribution in [3.8, 4) is 5.75 Å². The van der Waals surface area contributed by atoms with Gasteiger partial charge in [-0.2, -0.15) is 0 Å². The van der Waals surface area contributed by atoms with E-state index in [1.807, 2.05) is 92.6 Å². The van der Waals surface area contributed by atoms with Crippen LogP contribution in [0.3, 0.4) is 0 Å². The number of aryl methyl sites for hydroxylation is 3. The minimum Gasteiger partial charge on any atom is -0.493 e. The number of nitrogens with zero attached hydrogens (tertiary/aromatic N) is 1. The summed E-state index contributed by atoms with van der Waals surface area (Å²) < 4.78 is 28.7. The smallest absolute Gasteiger partial charge is 0.414 e. The van der Waals surface area contributed by atoms with Gasteiger partial charge < -0.3 is 14.2 Å². The van der Waals surface area contributed by atoms with Crippen LogP contribution in [0.15, 0.2) is 36.4 Å². The van der Waals surface area contributed by atoms with Gasteiger partial charge in [0.1, 0.15) is 11.4 Å². The molecule has 47 heavy (non-hydrogen) atoms. The first kappa shape index (κ1) is 43.4. The highest BCUT2D eigenvalue weighted by Gasteiger charge is 2.23. The number of ether oxygens (including phenoxy) is 3. The number of rotatable bonds is 17. The molecular formula is C38H60FNO7. The second-order valence-electron chi connectivity index (χ2n) is 11.7. The Labute approximate surface area is 283 Å². The Morgan fingerprint density at radius 1 is 0.809 bits per heavy atom. The van der Waals surface area contributed by atoms with E-state index in [-0.39, 0.29) is 31.5 Å². The standard InChI is InChI=1S/C34H48FNO7.2C2H6/c1-7-40-31(37)19-18-29-27(15-12-16-30(29)41-21-13-17-32(38)43-35)14-10-8-9-11-20-36(33(39)42-34(4,5)6)28-23-25(2)22-26(3)24-28;2*1-2/h12,15-16,22-24H,7-11,13-14,17-21H2,1-6H3;2*1-2H3. The van der Waals surface area contributed by atoms with Gasteiger partial charge in [-0.05, 0) is 114 Å². The van der Waals surface area contributed by atoms with Crippen molar-refractivity contribution in [2.24, 2.45) is 0 Å². The highest BCUT2D eigenvalue weighted by molar-refractivity contribution is 5.88. The van der Waals surface area contributed by atoms with Gasteiger partial charge in [0.05, 0.1) is 19.6 Å². The van der Waals surface area contributed by atoms with E-state index in [0.29, 0.717) is 31.7 Å². The Morgan fingerprint density at radius 2 is 1.45 bits per heavy atom. The second kappa shape index (κ2) is 24.5. The van der Waals surface area contributed by atoms with E-state index in [0.717, 1.165) is 60.0 Å². The zero-order chi connectivity index (χ0) is 35.8. The molecule has 0 aliphatic heterocycles. The minimum atomic E-state index is -0.928. The van der Waals surface area contributed by atoms with Crippen LogP contribution in [0.2, 0.25) is 0 Å². The van der Waals surface area contributed by atoms with Gasteiger partial charge in [0, 0.05) is 23.2 Å². The van der Waals surface area contributed by atoms with Crippen LogP contribution in [-0.4, -0.2) is 43.4 Å². The van der Waals surface area contributed by atoms with Gasteiger partial charge in [-0.3, -0.25) is 14.6 Å². The average Bonchev–Trinajstić information content (AvgIpc) is 3.02. The lowest BCUT2D eigenvalue weighted by molar-refractivity contribution is -0.183. The van der Waals surface area contributed by atoms with Crippen molar-refractivity contribution in [2.45, 2.75) is 133 Å². The fraction of sp³-hybridized carbons (Fsp3) is 0.605. The fourth-order valence-corrected chi connectivity index (χ4v) is 4.85. The van der Waals surface area contributed by atoms with Gasteiger partial charge in [0.2, 0.25) is 0 Å². The number of hydrogen-bond acceptors (Lipinski definition) is 7. The fourth-order valence-electron chi connectivity index (χ4n) is 4.85. The van der Waals surface area contributed by atoms with Gasteiger partial charge in [-0.25, -0.2) is 9.59 Å². The summed E-state index contributed by atoms with van der Waals surface area (Å²) in [6.45, 7) is 20.5. The van der Waals surface area contributed by atoms with Crippen LogP contribution >= 0.6 is 0 Å². The maximum atomic E-state index is 13.1. The summed E-state index contributed by atoms with van der Waals surface area (Å²) >= 11 is 0. The molecular weight excluding hydrogens is 601 g/mol. The summed E-state index contributed by atoms with van der Waals surface area (Å²) in [5.74, 6) is -0.549. The highest BCUT2D eigenvalue weighted by Crippen LogP contribution is 2.27. The predicted molar refractivity (Wildman–Crippen MR) is 188 cm³/mol. The van der Waals surface area contributed by atoms with Crippen molar-refractivity contribution >= 4 is 23.7 Å². The van der Waals surface area contributed by atoms with E-state index in [9.17, 15) is 18.9 Å². The highest BCUT2D eigenvalue weighted by atomic mass is 19.3. The minimum absolute atomic E-state index is 0.0802. The number of amides is 1. The van der Waals surface area contributed by atoms with Gasteiger partial charge >= 0.3 is 18.0 Å². The molecule has 0 spiro atoms. The number of benzene rings is 2. The van der Waals surface area contributed by atoms with Crippen molar-refractivity contribution in [3.05, 3.63) is 58.7 Å². The quantitative estimate of drug-likeness (QED) is 0.123. The molecule has 0 radical (unpaired) electrons. The zero-order valence-electron chi connectivity index (χ0n) is 30.6. The summed E-state index contributed by atoms with van der Waals surface area (Å²) in [6.07, 6.45) is 5.03. The van der Waals surface area contributed by atoms with Gasteiger partial charge in [0.15, 0.2) is 0 Å². The summed E-state index contributed by atoms with van der Waals surface area (Å²) in [6, 6.07) is 11.9. The molecule has 9 heteroatoms. The second-order valence-corrected chi connectivity index (χ2v) is 11.7. The number of esters is 1. The number of anilines is 1. The SMILES string of the molecule is CC.CC.CCOC(=O)CCc1c(CCCCCCN(C(=O)OC(C)(C)C)c2cc(C)cc(C)c2)cccc1OCCCC(=O)OF. The molecule has 0 aliphatic carbocycles. The molecule has 0 heterocycles. The molecule has 0 fully saturated rings. The van der Waals surface area contributed by atoms with Crippen molar-refractivity contribution in [3.63, 3.8) is 0 Å². The predicted octanol–water partition coefficient (Wildman–Crippen LogP) is 9.98. The van der Waals surface area contributed by atoms with Crippen LogP contribution in [-0.2, 0) is 36.8 Å². The Kier molecular flexibility index (Phi) is 22.6. The molecule has 0 aromatic heterocycles. The third-order valence-corrected chi connectivity index (χ3v) is 6.69. The third kappa shape index (κ3) is 18.3. The lowest BCUT2D eigenvalue weighted by atomic mass is 9.96. The molecule has 2 aromatic rings. The molecule has 2 rings (SSSR count). The molecule has 266 valence electrons. The lowest BCUT2D eigenvalue weighted by Crippen LogP contribution is -2.37. The van der Waals surface area contributed by atoms with Crippen LogP contribution in [0.4, 0.5) is 15.0 Å². The van der Waals surface area contributed by atoms with E-state index < -0.39 is 11.6 Å². The Balaban J connectivity index is 0.00000508. The molecule has 0 bridgehead atoms. The van der Waals surface area contributed by atoms with Crippen LogP contribution in [0.25, 0.3) is 0 Å². The molecule has 0 N–H and O–H groups in total. The number of unbranched alkanes of at least 4 members (excludes halogenated alkanes) is 3. The van der Waals surface area contributed by atoms with Crippen molar-refractivity contribution < 1.29 is 38.1 Å². The molecule has 0 saturated carbocycles. The lowest BCUT2D eigenvalue weighted by Gasteiger charge is -2.28. The number of carbonyl (C=O) groups excluding carboxylic acids is 3. The van der Waals surface area contributed by atoms with Crippen LogP contribution in [0.1, 0.15) is 123 Å². The molecule has 0 unspecified atom stereocenters. The topological polar surface area (TPSA) is 91.4 Å². The maximum absolute atomic E-state index is 13.1. The first-order valence-electron chi connectivity index (χ1n) is 17.2. The van der Waals surface area contributed by atoms with Gasteiger partial charge in [0.25, 0.3) is 0 Å². The van der Waals surface area contributed by atoms with Crippen LogP contribution in [0.5, 0.6) is 5.75 Å². The summed E-state index contributed by atoms with van der Waals surface area (Å²) in [5, 5.41) is 0. The number of halogens is 1. The first-order valence-corrected chi connectivity index (χ1v) is 17.2. The molecule has 0 aliphatic rings. The molecule has 0 saturated heterocycles. The van der Waals surface area contributed by atoms with Gasteiger partial charge in [-0.1, -0.05) is 58.7 Å². The Morgan fingerprint density at radius 3 is 2.04 bits per heavy atom. The third-order valence-electron chi connectivity index (χ3n) is 6.69. The molecule has 1 amide bonds. The van der Waals surface area contributed by atoms with Gasteiger partial charge in [-0.15, -0.1) is 0 Å². The summed E-state index contributed by atoms with van der Waals surface area (Å²) in [4.78, 5) is 41.2. The molecule has 2 aromatic carbocycles. The summed E-state index contributed by atoms with van der Waals surface area (Å²) in [7, 11) is 0. The number of hydrogen-bond donors (Lipinski definition) is 0. The average molecular weight is 662 g/mol. The first-order chi connectivity index (χ1) is 22.4. The zero-order valence-corrected chi connectivity index (χ0v) is 30.6. The van der Waals surface area contributed by atoms with E-state index in [1.165, 1.54) is 0 Å². The van der Waals surface area contributed by atoms with Crippen molar-refractivity contribution in [1.82, 2.24) is 0 Å². The van der Waals surface area contributed by atoms with E-state index in [4.69, 9.17) is 14.2 Å². The van der Waals surface area contributed by atoms with E-state index >= 15 is 0 Å². The monoisotopic (exact) mass is 661 g/mol. The van der Waals surface area contributed by atoms with E-state index in [2.05, 4.69) is 11.0 Å². The van der Waals surface area contributed by atoms with Crippen LogP contribution in [0, 0.1) is 13.8 Å². The molecule has 0 atom stereocenters. The van der Waals surface area contributed by atoms with Crippen molar-refractivity contribution in [1.29, 1.82) is 0 Å². The molecule has 8 nitrogen and oxygen atoms in total. The van der Waals surface area contributed by atoms with Crippen LogP contribution < -0.4 is 9.64 Å². The summed E-state index contributed by atoms with van der Waals surface area (Å²) in [5.41, 5.74) is 4.48. The maximum Gasteiger partial charge on any atom is 0.414 e. The largest absolute Gasteiger partial charge is 0.493 e. The Bertz CT molecular complexity index is 1170. The Hall–Kier alpha value is -3.62. The number of carbonyl (C=O) groups is 3. The van der Waals surface area contributed by atoms with E-state index in [1.54, 1.807) is 11.8 Å².